The molecule has 2 aromatic heterocycles. The first-order valence-electron chi connectivity index (χ1n) is 8.33. The molecule has 0 unspecified atom stereocenters. The third kappa shape index (κ3) is 4.48. The van der Waals surface area contributed by atoms with E-state index in [0.717, 1.165) is 22.8 Å². The lowest BCUT2D eigenvalue weighted by Crippen LogP contribution is -2.27. The van der Waals surface area contributed by atoms with Crippen molar-refractivity contribution < 1.29 is 13.9 Å². The highest BCUT2D eigenvalue weighted by Gasteiger charge is 2.17. The molecule has 9 heteroatoms. The molecule has 0 atom stereocenters. The number of aryl methyl sites for hydroxylation is 2. The van der Waals surface area contributed by atoms with E-state index in [0.29, 0.717) is 17.5 Å². The summed E-state index contributed by atoms with van der Waals surface area (Å²) >= 11 is 1.28. The van der Waals surface area contributed by atoms with Gasteiger partial charge in [-0.05, 0) is 54.1 Å². The zero-order valence-electron chi connectivity index (χ0n) is 15.7. The molecule has 8 nitrogen and oxygen atoms in total. The molecule has 3 rings (SSSR count). The van der Waals surface area contributed by atoms with Crippen LogP contribution in [0.25, 0.3) is 5.69 Å². The van der Waals surface area contributed by atoms with Gasteiger partial charge >= 0.3 is 0 Å². The summed E-state index contributed by atoms with van der Waals surface area (Å²) in [6, 6.07) is 9.51. The number of hydrogen-bond acceptors (Lipinski definition) is 7. The fourth-order valence-electron chi connectivity index (χ4n) is 2.51. The van der Waals surface area contributed by atoms with Crippen molar-refractivity contribution in [1.82, 2.24) is 25.1 Å². The van der Waals surface area contributed by atoms with Gasteiger partial charge in [-0.25, -0.2) is 0 Å². The van der Waals surface area contributed by atoms with Crippen LogP contribution in [0.4, 0.5) is 0 Å². The number of methoxy groups -OCH3 is 1. The topological polar surface area (TPSA) is 86.3 Å². The van der Waals surface area contributed by atoms with Crippen molar-refractivity contribution in [2.45, 2.75) is 25.5 Å². The maximum absolute atomic E-state index is 12.4. The Kier molecular flexibility index (Phi) is 5.80. The van der Waals surface area contributed by atoms with Crippen LogP contribution in [0.5, 0.6) is 5.75 Å². The van der Waals surface area contributed by atoms with Crippen molar-refractivity contribution in [3.63, 3.8) is 0 Å². The van der Waals surface area contributed by atoms with Crippen molar-refractivity contribution in [2.24, 2.45) is 0 Å². The highest BCUT2D eigenvalue weighted by atomic mass is 32.2. The molecule has 0 bridgehead atoms. The zero-order chi connectivity index (χ0) is 19.4. The predicted molar refractivity (Wildman–Crippen MR) is 101 cm³/mol. The number of hydrogen-bond donors (Lipinski definition) is 0. The fraction of sp³-hybridized carbons (Fsp3) is 0.333. The first-order valence-corrected chi connectivity index (χ1v) is 9.32. The van der Waals surface area contributed by atoms with Crippen molar-refractivity contribution in [2.75, 3.05) is 19.9 Å². The van der Waals surface area contributed by atoms with E-state index in [1.807, 2.05) is 44.2 Å². The Morgan fingerprint density at radius 2 is 2.11 bits per heavy atom. The number of thioether (sulfide) groups is 1. The minimum absolute atomic E-state index is 0.0418. The molecular weight excluding hydrogens is 366 g/mol. The number of amides is 1. The van der Waals surface area contributed by atoms with Crippen molar-refractivity contribution in [3.05, 3.63) is 47.4 Å². The molecule has 0 aliphatic carbocycles. The largest absolute Gasteiger partial charge is 0.494 e. The summed E-state index contributed by atoms with van der Waals surface area (Å²) in [5.41, 5.74) is 1.79. The molecule has 142 valence electrons. The van der Waals surface area contributed by atoms with Crippen molar-refractivity contribution in [3.8, 4) is 11.4 Å². The number of nitrogens with zero attached hydrogens (tertiary/aromatic N) is 5. The van der Waals surface area contributed by atoms with Crippen LogP contribution >= 0.6 is 11.8 Å². The summed E-state index contributed by atoms with van der Waals surface area (Å²) in [4.78, 5) is 14.1. The molecule has 0 saturated heterocycles. The highest BCUT2D eigenvalue weighted by molar-refractivity contribution is 7.99. The summed E-state index contributed by atoms with van der Waals surface area (Å²) in [5, 5.41) is 12.3. The smallest absolute Gasteiger partial charge is 0.233 e. The summed E-state index contributed by atoms with van der Waals surface area (Å²) in [6.07, 6.45) is 0. The molecule has 0 aliphatic rings. The van der Waals surface area contributed by atoms with Gasteiger partial charge in [0.15, 0.2) is 0 Å². The summed E-state index contributed by atoms with van der Waals surface area (Å²) in [6.45, 7) is 4.28. The minimum atomic E-state index is -0.0418. The number of ether oxygens (including phenoxy) is 1. The molecular formula is C18H21N5O3S. The molecule has 2 heterocycles. The van der Waals surface area contributed by atoms with Gasteiger partial charge in [0, 0.05) is 7.05 Å². The fourth-order valence-corrected chi connectivity index (χ4v) is 3.34. The molecule has 0 aliphatic heterocycles. The molecule has 1 amide bonds. The zero-order valence-corrected chi connectivity index (χ0v) is 16.5. The van der Waals surface area contributed by atoms with E-state index in [9.17, 15) is 4.79 Å². The average Bonchev–Trinajstić information content (AvgIpc) is 3.28. The van der Waals surface area contributed by atoms with E-state index in [2.05, 4.69) is 15.5 Å². The lowest BCUT2D eigenvalue weighted by atomic mass is 10.2. The van der Waals surface area contributed by atoms with Gasteiger partial charge in [0.1, 0.15) is 23.0 Å². The summed E-state index contributed by atoms with van der Waals surface area (Å²) < 4.78 is 12.5. The van der Waals surface area contributed by atoms with E-state index in [1.54, 1.807) is 23.7 Å². The van der Waals surface area contributed by atoms with Gasteiger partial charge < -0.3 is 14.1 Å². The second-order valence-corrected chi connectivity index (χ2v) is 7.04. The van der Waals surface area contributed by atoms with Gasteiger partial charge in [0.2, 0.25) is 11.1 Å². The molecule has 0 radical (unpaired) electrons. The summed E-state index contributed by atoms with van der Waals surface area (Å²) in [7, 11) is 3.34. The van der Waals surface area contributed by atoms with Gasteiger partial charge in [-0.2, -0.15) is 4.68 Å². The Hall–Kier alpha value is -2.81. The number of aromatic nitrogens is 4. The van der Waals surface area contributed by atoms with Gasteiger partial charge in [-0.15, -0.1) is 5.10 Å². The van der Waals surface area contributed by atoms with E-state index in [1.165, 1.54) is 11.8 Å². The summed E-state index contributed by atoms with van der Waals surface area (Å²) in [5.74, 6) is 2.41. The van der Waals surface area contributed by atoms with Gasteiger partial charge in [-0.1, -0.05) is 17.8 Å². The molecule has 3 aromatic rings. The molecule has 0 fully saturated rings. The standard InChI is InChI=1S/C18H21N5O3S/c1-12-5-8-16(25-4)15(9-12)23-18(19-20-21-23)27-11-17(24)22(3)10-14-7-6-13(2)26-14/h5-9H,10-11H2,1-4H3. The third-order valence-electron chi connectivity index (χ3n) is 3.94. The van der Waals surface area contributed by atoms with Crippen molar-refractivity contribution in [1.29, 1.82) is 0 Å². The minimum Gasteiger partial charge on any atom is -0.494 e. The van der Waals surface area contributed by atoms with Crippen LogP contribution in [0.3, 0.4) is 0 Å². The first-order chi connectivity index (χ1) is 13.0. The van der Waals surface area contributed by atoms with E-state index >= 15 is 0 Å². The number of carbonyl (C=O) groups is 1. The quantitative estimate of drug-likeness (QED) is 0.576. The molecule has 0 spiro atoms. The average molecular weight is 387 g/mol. The number of furan rings is 1. The number of rotatable bonds is 7. The first kappa shape index (κ1) is 19.0. The molecule has 0 saturated carbocycles. The molecule has 1 aromatic carbocycles. The van der Waals surface area contributed by atoms with Gasteiger partial charge in [-0.3, -0.25) is 4.79 Å². The lowest BCUT2D eigenvalue weighted by molar-refractivity contribution is -0.127. The Morgan fingerprint density at radius 3 is 2.81 bits per heavy atom. The maximum Gasteiger partial charge on any atom is 0.233 e. The van der Waals surface area contributed by atoms with Crippen LogP contribution < -0.4 is 4.74 Å². The second-order valence-electron chi connectivity index (χ2n) is 6.10. The van der Waals surface area contributed by atoms with E-state index < -0.39 is 0 Å². The Labute approximate surface area is 161 Å². The lowest BCUT2D eigenvalue weighted by Gasteiger charge is -2.15. The molecule has 27 heavy (non-hydrogen) atoms. The Balaban J connectivity index is 1.68. The van der Waals surface area contributed by atoms with E-state index in [-0.39, 0.29) is 11.7 Å². The van der Waals surface area contributed by atoms with Crippen LogP contribution in [-0.4, -0.2) is 50.9 Å². The number of tetrazole rings is 1. The van der Waals surface area contributed by atoms with Crippen LogP contribution in [0.1, 0.15) is 17.1 Å². The Bertz CT molecular complexity index is 937. The highest BCUT2D eigenvalue weighted by Crippen LogP contribution is 2.27. The number of carbonyl (C=O) groups excluding carboxylic acids is 1. The molecule has 0 N–H and O–H groups in total. The predicted octanol–water partition coefficient (Wildman–Crippen LogP) is 2.63. The van der Waals surface area contributed by atoms with Crippen LogP contribution in [0.2, 0.25) is 0 Å². The normalized spacial score (nSPS) is 10.8. The third-order valence-corrected chi connectivity index (χ3v) is 4.85. The number of benzene rings is 1. The van der Waals surface area contributed by atoms with Gasteiger partial charge in [0.25, 0.3) is 0 Å². The Morgan fingerprint density at radius 1 is 1.30 bits per heavy atom. The van der Waals surface area contributed by atoms with Crippen molar-refractivity contribution >= 4 is 17.7 Å². The van der Waals surface area contributed by atoms with Crippen LogP contribution in [0.15, 0.2) is 39.9 Å². The van der Waals surface area contributed by atoms with E-state index in [4.69, 9.17) is 9.15 Å². The maximum atomic E-state index is 12.4. The second kappa shape index (κ2) is 8.26. The van der Waals surface area contributed by atoms with Crippen LogP contribution in [-0.2, 0) is 11.3 Å². The van der Waals surface area contributed by atoms with Crippen LogP contribution in [0, 0.1) is 13.8 Å². The SMILES string of the molecule is COc1ccc(C)cc1-n1nnnc1SCC(=O)N(C)Cc1ccc(C)o1. The monoisotopic (exact) mass is 387 g/mol. The van der Waals surface area contributed by atoms with Gasteiger partial charge in [0.05, 0.1) is 19.4 Å².